The first-order valence-corrected chi connectivity index (χ1v) is 1.71. The molecule has 0 nitrogen and oxygen atoms in total. The minimum absolute atomic E-state index is 0.298. The van der Waals surface area contributed by atoms with Crippen LogP contribution in [0, 0.1) is 36.5 Å². The second kappa shape index (κ2) is 4.68. The summed E-state index contributed by atoms with van der Waals surface area (Å²) < 4.78 is 0. The van der Waals surface area contributed by atoms with Gasteiger partial charge in [-0.1, -0.05) is 11.8 Å². The number of hydrogen-bond acceptors (Lipinski definition) is 0. The van der Waals surface area contributed by atoms with Gasteiger partial charge in [0.1, 0.15) is 0 Å². The van der Waals surface area contributed by atoms with Gasteiger partial charge in [0.2, 0.25) is 0 Å². The third kappa shape index (κ3) is 4.68. The van der Waals surface area contributed by atoms with Crippen LogP contribution in [0.3, 0.4) is 0 Å². The Labute approximate surface area is 43.9 Å². The van der Waals surface area contributed by atoms with E-state index >= 15 is 0 Å². The van der Waals surface area contributed by atoms with Crippen molar-refractivity contribution in [2.24, 2.45) is 0 Å². The summed E-state index contributed by atoms with van der Waals surface area (Å²) >= 11 is 0. The molecule has 2 radical (unpaired) electrons. The average Bonchev–Trinajstić information content (AvgIpc) is 1.69. The topological polar surface area (TPSA) is 0 Å². The lowest BCUT2D eigenvalue weighted by Gasteiger charge is -1.59. The van der Waals surface area contributed by atoms with Crippen molar-refractivity contribution < 1.29 is 0 Å². The number of hydrogen-bond donors (Lipinski definition) is 0. The van der Waals surface area contributed by atoms with E-state index in [9.17, 15) is 0 Å². The molecule has 0 aromatic carbocycles. The van der Waals surface area contributed by atoms with Crippen LogP contribution < -0.4 is 0 Å². The highest BCUT2D eigenvalue weighted by Gasteiger charge is 1.57. The maximum absolute atomic E-state index is 6.34. The first kappa shape index (κ1) is 5.68. The van der Waals surface area contributed by atoms with Crippen molar-refractivity contribution in [1.29, 1.82) is 0 Å². The van der Waals surface area contributed by atoms with Crippen LogP contribution in [0.15, 0.2) is 0 Å². The highest BCUT2D eigenvalue weighted by molar-refractivity contribution is 5.20. The lowest BCUT2D eigenvalue weighted by Crippen LogP contribution is -1.53. The van der Waals surface area contributed by atoms with Gasteiger partial charge in [-0.2, -0.15) is 0 Å². The predicted molar refractivity (Wildman–Crippen MR) is 26.7 cm³/mol. The molecule has 7 heavy (non-hydrogen) atoms. The van der Waals surface area contributed by atoms with E-state index in [4.69, 9.17) is 12.8 Å². The van der Waals surface area contributed by atoms with Crippen LogP contribution in [-0.4, -0.2) is 0 Å². The van der Waals surface area contributed by atoms with Gasteiger partial charge in [0, 0.05) is 0 Å². The summed E-state index contributed by atoms with van der Waals surface area (Å²) in [5.41, 5.74) is 0. The Morgan fingerprint density at radius 3 is 2.43 bits per heavy atom. The van der Waals surface area contributed by atoms with E-state index in [1.54, 1.807) is 0 Å². The fourth-order valence-corrected chi connectivity index (χ4v) is 0.133. The molecular weight excluding hydrogens is 84.1 g/mol. The average molecular weight is 86.1 g/mol. The first-order chi connectivity index (χ1) is 3.41. The summed E-state index contributed by atoms with van der Waals surface area (Å²) in [6.45, 7) is 0. The SMILES string of the molecule is [C]#CC#CCC#[C]. The molecule has 0 aromatic heterocycles. The van der Waals surface area contributed by atoms with E-state index in [1.807, 2.05) is 5.92 Å². The van der Waals surface area contributed by atoms with Crippen molar-refractivity contribution in [3.63, 3.8) is 0 Å². The van der Waals surface area contributed by atoms with Gasteiger partial charge in [0.25, 0.3) is 0 Å². The fraction of sp³-hybridized carbons (Fsp3) is 0.143. The third-order valence-corrected chi connectivity index (χ3v) is 0.328. The van der Waals surface area contributed by atoms with Gasteiger partial charge in [-0.25, -0.2) is 0 Å². The lowest BCUT2D eigenvalue weighted by atomic mass is 10.4. The van der Waals surface area contributed by atoms with Gasteiger partial charge < -0.3 is 0 Å². The Bertz CT molecular complexity index is 163. The smallest absolute Gasteiger partial charge is 0.0723 e. The zero-order chi connectivity index (χ0) is 5.54. The molecule has 0 N–H and O–H groups in total. The molecule has 0 saturated carbocycles. The van der Waals surface area contributed by atoms with E-state index < -0.39 is 0 Å². The fourth-order valence-electron chi connectivity index (χ4n) is 0.133. The lowest BCUT2D eigenvalue weighted by molar-refractivity contribution is 1.57. The molecule has 0 atom stereocenters. The molecule has 0 saturated heterocycles. The van der Waals surface area contributed by atoms with E-state index in [0.29, 0.717) is 6.42 Å². The van der Waals surface area contributed by atoms with E-state index in [0.717, 1.165) is 0 Å². The maximum atomic E-state index is 6.34. The second-order valence-electron chi connectivity index (χ2n) is 0.780. The summed E-state index contributed by atoms with van der Waals surface area (Å²) in [7, 11) is 0. The molecule has 0 heterocycles. The molecule has 0 amide bonds. The predicted octanol–water partition coefficient (Wildman–Crippen LogP) is 0.559. The first-order valence-electron chi connectivity index (χ1n) is 1.71. The molecular formula is C7H2. The largest absolute Gasteiger partial charge is 0.0760 e. The maximum Gasteiger partial charge on any atom is 0.0723 e. The van der Waals surface area contributed by atoms with Crippen molar-refractivity contribution in [2.75, 3.05) is 0 Å². The Balaban J connectivity index is 3.37. The molecule has 30 valence electrons. The molecule has 0 spiro atoms. The summed E-state index contributed by atoms with van der Waals surface area (Å²) in [6.07, 6.45) is 12.9. The Kier molecular flexibility index (Phi) is 3.80. The van der Waals surface area contributed by atoms with Crippen LogP contribution in [0.5, 0.6) is 0 Å². The molecule has 0 aliphatic carbocycles. The van der Waals surface area contributed by atoms with Crippen LogP contribution in [0.4, 0.5) is 0 Å². The minimum Gasteiger partial charge on any atom is -0.0760 e. The van der Waals surface area contributed by atoms with E-state index in [1.165, 1.54) is 0 Å². The van der Waals surface area contributed by atoms with Crippen molar-refractivity contribution >= 4 is 0 Å². The summed E-state index contributed by atoms with van der Waals surface area (Å²) in [6, 6.07) is 0. The quantitative estimate of drug-likeness (QED) is 0.378. The number of rotatable bonds is 0. The van der Waals surface area contributed by atoms with Crippen LogP contribution in [0.25, 0.3) is 0 Å². The van der Waals surface area contributed by atoms with E-state index in [2.05, 4.69) is 17.8 Å². The zero-order valence-corrected chi connectivity index (χ0v) is 3.71. The van der Waals surface area contributed by atoms with Crippen LogP contribution in [0.1, 0.15) is 6.42 Å². The van der Waals surface area contributed by atoms with Gasteiger partial charge in [0.05, 0.1) is 6.42 Å². The van der Waals surface area contributed by atoms with Crippen LogP contribution in [0.2, 0.25) is 0 Å². The van der Waals surface area contributed by atoms with Crippen LogP contribution in [-0.2, 0) is 0 Å². The minimum atomic E-state index is 0.298. The van der Waals surface area contributed by atoms with Gasteiger partial charge in [-0.15, -0.1) is 0 Å². The van der Waals surface area contributed by atoms with Crippen molar-refractivity contribution in [3.8, 4) is 23.7 Å². The molecule has 0 rings (SSSR count). The van der Waals surface area contributed by atoms with Crippen molar-refractivity contribution in [1.82, 2.24) is 0 Å². The molecule has 0 heteroatoms. The molecule has 0 aliphatic rings. The molecule has 0 unspecified atom stereocenters. The van der Waals surface area contributed by atoms with Crippen molar-refractivity contribution in [3.05, 3.63) is 12.8 Å². The molecule has 0 bridgehead atoms. The monoisotopic (exact) mass is 86.0 g/mol. The molecule has 0 fully saturated rings. The molecule has 0 aliphatic heterocycles. The van der Waals surface area contributed by atoms with Crippen LogP contribution >= 0.6 is 0 Å². The van der Waals surface area contributed by atoms with Crippen molar-refractivity contribution in [2.45, 2.75) is 6.42 Å². The van der Waals surface area contributed by atoms with Gasteiger partial charge in [-0.05, 0) is 24.7 Å². The highest BCUT2D eigenvalue weighted by atomic mass is 13.6. The highest BCUT2D eigenvalue weighted by Crippen LogP contribution is 1.64. The normalized spacial score (nSPS) is 4.29. The van der Waals surface area contributed by atoms with Gasteiger partial charge in [0.15, 0.2) is 0 Å². The zero-order valence-electron chi connectivity index (χ0n) is 3.71. The Morgan fingerprint density at radius 2 is 2.00 bits per heavy atom. The third-order valence-electron chi connectivity index (χ3n) is 0.328. The summed E-state index contributed by atoms with van der Waals surface area (Å²) in [4.78, 5) is 0. The standard InChI is InChI=1S/C7H2/c1-3-5-7-6-4-2/h5H2. The second-order valence-corrected chi connectivity index (χ2v) is 0.780. The van der Waals surface area contributed by atoms with Gasteiger partial charge >= 0.3 is 0 Å². The molecule has 0 aromatic rings. The summed E-state index contributed by atoms with van der Waals surface area (Å²) in [5, 5.41) is 0. The Hall–Kier alpha value is -1.32. The van der Waals surface area contributed by atoms with Gasteiger partial charge in [-0.3, -0.25) is 0 Å². The van der Waals surface area contributed by atoms with E-state index in [-0.39, 0.29) is 0 Å². The summed E-state index contributed by atoms with van der Waals surface area (Å²) in [5.74, 6) is 8.59. The Morgan fingerprint density at radius 1 is 1.29 bits per heavy atom.